The Morgan fingerprint density at radius 2 is 2.09 bits per heavy atom. The molecule has 1 heterocycles. The van der Waals surface area contributed by atoms with Gasteiger partial charge >= 0.3 is 0 Å². The van der Waals surface area contributed by atoms with Crippen molar-refractivity contribution in [2.24, 2.45) is 5.73 Å². The van der Waals surface area contributed by atoms with Crippen LogP contribution in [0.2, 0.25) is 0 Å². The smallest absolute Gasteiger partial charge is 0.0613 e. The number of rotatable bonds is 2. The topological polar surface area (TPSA) is 69.4 Å². The van der Waals surface area contributed by atoms with Crippen molar-refractivity contribution in [3.8, 4) is 0 Å². The molecule has 0 spiro atoms. The van der Waals surface area contributed by atoms with E-state index in [1.54, 1.807) is 0 Å². The molecule has 0 saturated carbocycles. The van der Waals surface area contributed by atoms with Crippen LogP contribution in [-0.2, 0) is 11.1 Å². The van der Waals surface area contributed by atoms with Crippen molar-refractivity contribution < 1.29 is 8.76 Å². The van der Waals surface area contributed by atoms with Crippen LogP contribution >= 0.6 is 0 Å². The number of likely N-dealkylation sites (tertiary alicyclic amines) is 1. The molecular formula is C6H13N2O2S-. The van der Waals surface area contributed by atoms with Crippen LogP contribution in [0, 0.1) is 0 Å². The SMILES string of the molecule is NC1CCN(CS(=O)[O-])CC1. The lowest BCUT2D eigenvalue weighted by atomic mass is 10.1. The van der Waals surface area contributed by atoms with Gasteiger partial charge in [-0.3, -0.25) is 9.11 Å². The first-order valence-electron chi connectivity index (χ1n) is 3.72. The average Bonchev–Trinajstić information content (AvgIpc) is 1.93. The fourth-order valence-corrected chi connectivity index (χ4v) is 1.79. The van der Waals surface area contributed by atoms with E-state index in [0.717, 1.165) is 25.9 Å². The lowest BCUT2D eigenvalue weighted by Crippen LogP contribution is -2.40. The van der Waals surface area contributed by atoms with Crippen molar-refractivity contribution >= 4 is 11.1 Å². The summed E-state index contributed by atoms with van der Waals surface area (Å²) in [4.78, 5) is 1.91. The van der Waals surface area contributed by atoms with Crippen LogP contribution in [0.4, 0.5) is 0 Å². The first-order valence-corrected chi connectivity index (χ1v) is 4.96. The number of nitrogens with two attached hydrogens (primary N) is 1. The molecule has 1 rings (SSSR count). The van der Waals surface area contributed by atoms with Gasteiger partial charge in [-0.25, -0.2) is 0 Å². The van der Waals surface area contributed by atoms with Gasteiger partial charge in [0.25, 0.3) is 0 Å². The third kappa shape index (κ3) is 3.29. The van der Waals surface area contributed by atoms with Gasteiger partial charge < -0.3 is 10.3 Å². The van der Waals surface area contributed by atoms with E-state index in [4.69, 9.17) is 5.73 Å². The summed E-state index contributed by atoms with van der Waals surface area (Å²) in [7, 11) is 0. The predicted molar refractivity (Wildman–Crippen MR) is 42.6 cm³/mol. The minimum absolute atomic E-state index is 0.159. The molecule has 0 amide bonds. The second-order valence-electron chi connectivity index (χ2n) is 2.89. The van der Waals surface area contributed by atoms with E-state index in [2.05, 4.69) is 0 Å². The Hall–Kier alpha value is 0.0300. The van der Waals surface area contributed by atoms with Crippen molar-refractivity contribution in [1.82, 2.24) is 4.90 Å². The van der Waals surface area contributed by atoms with Gasteiger partial charge in [0.15, 0.2) is 0 Å². The third-order valence-electron chi connectivity index (χ3n) is 1.92. The van der Waals surface area contributed by atoms with Crippen molar-refractivity contribution in [2.75, 3.05) is 19.0 Å². The van der Waals surface area contributed by atoms with E-state index < -0.39 is 11.1 Å². The fourth-order valence-electron chi connectivity index (χ4n) is 1.23. The Bertz CT molecular complexity index is 146. The molecule has 0 radical (unpaired) electrons. The molecule has 1 aliphatic rings. The van der Waals surface area contributed by atoms with E-state index in [9.17, 15) is 8.76 Å². The first-order chi connectivity index (χ1) is 5.18. The molecular weight excluding hydrogens is 164 g/mol. The fraction of sp³-hybridized carbons (Fsp3) is 1.00. The predicted octanol–water partition coefficient (Wildman–Crippen LogP) is -0.754. The van der Waals surface area contributed by atoms with Crippen molar-refractivity contribution in [2.45, 2.75) is 18.9 Å². The van der Waals surface area contributed by atoms with Gasteiger partial charge in [0.1, 0.15) is 0 Å². The van der Waals surface area contributed by atoms with Gasteiger partial charge in [0.2, 0.25) is 0 Å². The molecule has 4 nitrogen and oxygen atoms in total. The van der Waals surface area contributed by atoms with Crippen molar-refractivity contribution in [3.05, 3.63) is 0 Å². The molecule has 1 fully saturated rings. The second kappa shape index (κ2) is 4.15. The Kier molecular flexibility index (Phi) is 3.45. The summed E-state index contributed by atoms with van der Waals surface area (Å²) in [5, 5.41) is 0. The highest BCUT2D eigenvalue weighted by Gasteiger charge is 2.14. The van der Waals surface area contributed by atoms with Crippen molar-refractivity contribution in [1.29, 1.82) is 0 Å². The largest absolute Gasteiger partial charge is 0.771 e. The van der Waals surface area contributed by atoms with E-state index in [0.29, 0.717) is 0 Å². The molecule has 0 aromatic carbocycles. The molecule has 0 aliphatic carbocycles. The monoisotopic (exact) mass is 177 g/mol. The lowest BCUT2D eigenvalue weighted by Gasteiger charge is -2.30. The van der Waals surface area contributed by atoms with E-state index in [-0.39, 0.29) is 11.9 Å². The molecule has 0 aromatic heterocycles. The summed E-state index contributed by atoms with van der Waals surface area (Å²) >= 11 is -1.94. The normalized spacial score (nSPS) is 25.3. The molecule has 0 aromatic rings. The van der Waals surface area contributed by atoms with Crippen LogP contribution in [0.1, 0.15) is 12.8 Å². The zero-order valence-corrected chi connectivity index (χ0v) is 7.18. The van der Waals surface area contributed by atoms with Crippen LogP contribution in [0.15, 0.2) is 0 Å². The van der Waals surface area contributed by atoms with Gasteiger partial charge in [-0.15, -0.1) is 0 Å². The van der Waals surface area contributed by atoms with Gasteiger partial charge in [-0.1, -0.05) is 0 Å². The second-order valence-corrected chi connectivity index (χ2v) is 3.75. The Morgan fingerprint density at radius 1 is 1.55 bits per heavy atom. The maximum absolute atomic E-state index is 10.3. The molecule has 2 N–H and O–H groups in total. The molecule has 1 unspecified atom stereocenters. The van der Waals surface area contributed by atoms with Crippen LogP contribution < -0.4 is 5.73 Å². The summed E-state index contributed by atoms with van der Waals surface area (Å²) < 4.78 is 20.6. The third-order valence-corrected chi connectivity index (χ3v) is 2.50. The number of piperidine rings is 1. The average molecular weight is 177 g/mol. The molecule has 11 heavy (non-hydrogen) atoms. The molecule has 5 heteroatoms. The molecule has 1 saturated heterocycles. The zero-order chi connectivity index (χ0) is 8.27. The van der Waals surface area contributed by atoms with Gasteiger partial charge in [0.05, 0.1) is 5.88 Å². The minimum Gasteiger partial charge on any atom is -0.771 e. The highest BCUT2D eigenvalue weighted by molar-refractivity contribution is 7.79. The Morgan fingerprint density at radius 3 is 2.55 bits per heavy atom. The number of hydrogen-bond donors (Lipinski definition) is 1. The van der Waals surface area contributed by atoms with Gasteiger partial charge in [0, 0.05) is 19.1 Å². The zero-order valence-electron chi connectivity index (χ0n) is 6.36. The summed E-state index contributed by atoms with van der Waals surface area (Å²) in [6.07, 6.45) is 1.83. The van der Waals surface area contributed by atoms with E-state index in [1.807, 2.05) is 4.90 Å². The van der Waals surface area contributed by atoms with Crippen LogP contribution in [-0.4, -0.2) is 38.7 Å². The number of hydrogen-bond acceptors (Lipinski definition) is 4. The lowest BCUT2D eigenvalue weighted by molar-refractivity contribution is 0.240. The molecule has 0 bridgehead atoms. The Labute approximate surface area is 69.0 Å². The molecule has 66 valence electrons. The maximum atomic E-state index is 10.3. The summed E-state index contributed by atoms with van der Waals surface area (Å²) in [6, 6.07) is 0.270. The van der Waals surface area contributed by atoms with Crippen LogP contribution in [0.5, 0.6) is 0 Å². The maximum Gasteiger partial charge on any atom is 0.0613 e. The van der Waals surface area contributed by atoms with E-state index >= 15 is 0 Å². The number of nitrogens with zero attached hydrogens (tertiary/aromatic N) is 1. The van der Waals surface area contributed by atoms with Crippen LogP contribution in [0.25, 0.3) is 0 Å². The van der Waals surface area contributed by atoms with Crippen molar-refractivity contribution in [3.63, 3.8) is 0 Å². The van der Waals surface area contributed by atoms with Crippen LogP contribution in [0.3, 0.4) is 0 Å². The molecule has 1 atom stereocenters. The standard InChI is InChI=1S/C6H14N2O2S/c7-6-1-3-8(4-2-6)5-11(9)10/h6H,1-5,7H2,(H,9,10)/p-1. The quantitative estimate of drug-likeness (QED) is 0.563. The minimum atomic E-state index is -1.94. The van der Waals surface area contributed by atoms with Gasteiger partial charge in [-0.2, -0.15) is 0 Å². The van der Waals surface area contributed by atoms with Gasteiger partial charge in [-0.05, 0) is 23.9 Å². The highest BCUT2D eigenvalue weighted by atomic mass is 32.2. The summed E-state index contributed by atoms with van der Waals surface area (Å²) in [5.74, 6) is 0.159. The Balaban J connectivity index is 2.22. The summed E-state index contributed by atoms with van der Waals surface area (Å²) in [6.45, 7) is 1.63. The molecule has 1 aliphatic heterocycles. The first kappa shape index (κ1) is 9.12. The van der Waals surface area contributed by atoms with E-state index in [1.165, 1.54) is 0 Å². The highest BCUT2D eigenvalue weighted by Crippen LogP contribution is 2.07. The summed E-state index contributed by atoms with van der Waals surface area (Å²) in [5.41, 5.74) is 5.65.